The van der Waals surface area contributed by atoms with Crippen molar-refractivity contribution < 1.29 is 9.90 Å². The highest BCUT2D eigenvalue weighted by Gasteiger charge is 2.27. The van der Waals surface area contributed by atoms with Crippen molar-refractivity contribution >= 4 is 30.8 Å². The van der Waals surface area contributed by atoms with E-state index < -0.39 is 5.97 Å². The number of carbonyl (C=O) groups is 1. The lowest BCUT2D eigenvalue weighted by atomic mass is 10.0. The van der Waals surface area contributed by atoms with E-state index >= 15 is 0 Å². The van der Waals surface area contributed by atoms with Crippen molar-refractivity contribution in [3.8, 4) is 0 Å². The van der Waals surface area contributed by atoms with Crippen LogP contribution in [0.3, 0.4) is 0 Å². The van der Waals surface area contributed by atoms with Crippen LogP contribution in [0, 0.1) is 0 Å². The molecule has 2 heterocycles. The highest BCUT2D eigenvalue weighted by Crippen LogP contribution is 2.19. The lowest BCUT2D eigenvalue weighted by molar-refractivity contribution is -0.144. The van der Waals surface area contributed by atoms with Gasteiger partial charge in [-0.1, -0.05) is 6.42 Å². The third-order valence-corrected chi connectivity index (χ3v) is 3.03. The quantitative estimate of drug-likeness (QED) is 0.929. The molecule has 0 aromatic carbocycles. The number of hydrogen-bond donors (Lipinski definition) is 1. The molecule has 0 aliphatic carbocycles. The van der Waals surface area contributed by atoms with E-state index in [1.54, 1.807) is 12.4 Å². The Morgan fingerprint density at radius 3 is 2.61 bits per heavy atom. The van der Waals surface area contributed by atoms with E-state index in [1.165, 1.54) is 0 Å². The van der Waals surface area contributed by atoms with Crippen molar-refractivity contribution in [1.29, 1.82) is 0 Å². The Bertz CT molecular complexity index is 362. The molecular formula is C12H18Cl2N2O2. The summed E-state index contributed by atoms with van der Waals surface area (Å²) in [6.07, 6.45) is 6.36. The summed E-state index contributed by atoms with van der Waals surface area (Å²) in [5.41, 5.74) is 1.13. The van der Waals surface area contributed by atoms with E-state index in [4.69, 9.17) is 5.11 Å². The van der Waals surface area contributed by atoms with E-state index in [1.807, 2.05) is 17.0 Å². The average molecular weight is 293 g/mol. The Balaban J connectivity index is 0.00000144. The summed E-state index contributed by atoms with van der Waals surface area (Å²) in [5, 5.41) is 9.13. The fourth-order valence-electron chi connectivity index (χ4n) is 2.18. The molecule has 102 valence electrons. The first-order valence-electron chi connectivity index (χ1n) is 5.63. The molecule has 0 saturated carbocycles. The molecule has 1 aliphatic heterocycles. The highest BCUT2D eigenvalue weighted by atomic mass is 35.5. The first kappa shape index (κ1) is 17.2. The Labute approximate surface area is 119 Å². The van der Waals surface area contributed by atoms with Gasteiger partial charge in [-0.3, -0.25) is 14.7 Å². The van der Waals surface area contributed by atoms with Crippen molar-refractivity contribution in [3.05, 3.63) is 30.1 Å². The third-order valence-electron chi connectivity index (χ3n) is 3.03. The zero-order valence-electron chi connectivity index (χ0n) is 9.99. The van der Waals surface area contributed by atoms with Crippen LogP contribution in [0.4, 0.5) is 0 Å². The fourth-order valence-corrected chi connectivity index (χ4v) is 2.18. The molecule has 18 heavy (non-hydrogen) atoms. The van der Waals surface area contributed by atoms with Crippen LogP contribution in [0.15, 0.2) is 24.5 Å². The number of carboxylic acid groups (broad SMARTS) is 1. The number of halogens is 2. The fraction of sp³-hybridized carbons (Fsp3) is 0.500. The van der Waals surface area contributed by atoms with Crippen molar-refractivity contribution in [3.63, 3.8) is 0 Å². The summed E-state index contributed by atoms with van der Waals surface area (Å²) in [6.45, 7) is 1.58. The maximum absolute atomic E-state index is 11.1. The summed E-state index contributed by atoms with van der Waals surface area (Å²) in [7, 11) is 0. The molecule has 1 aliphatic rings. The van der Waals surface area contributed by atoms with Crippen molar-refractivity contribution in [1.82, 2.24) is 9.88 Å². The molecule has 4 nitrogen and oxygen atoms in total. The minimum absolute atomic E-state index is 0. The van der Waals surface area contributed by atoms with Crippen molar-refractivity contribution in [2.24, 2.45) is 0 Å². The number of likely N-dealkylation sites (tertiary alicyclic amines) is 1. The number of aromatic nitrogens is 1. The van der Waals surface area contributed by atoms with Crippen LogP contribution < -0.4 is 0 Å². The van der Waals surface area contributed by atoms with Gasteiger partial charge in [0.1, 0.15) is 6.04 Å². The SMILES string of the molecule is Cl.Cl.O=C(O)C1CCCCN1Cc1ccncc1. The second kappa shape index (κ2) is 8.29. The van der Waals surface area contributed by atoms with Gasteiger partial charge < -0.3 is 5.11 Å². The zero-order valence-corrected chi connectivity index (χ0v) is 11.6. The van der Waals surface area contributed by atoms with Gasteiger partial charge in [0.15, 0.2) is 0 Å². The summed E-state index contributed by atoms with van der Waals surface area (Å²) in [4.78, 5) is 17.1. The van der Waals surface area contributed by atoms with E-state index in [-0.39, 0.29) is 30.9 Å². The van der Waals surface area contributed by atoms with E-state index in [0.717, 1.165) is 31.4 Å². The number of piperidine rings is 1. The molecule has 2 rings (SSSR count). The zero-order chi connectivity index (χ0) is 11.4. The minimum Gasteiger partial charge on any atom is -0.480 e. The van der Waals surface area contributed by atoms with Crippen LogP contribution in [0.5, 0.6) is 0 Å². The molecule has 1 fully saturated rings. The van der Waals surface area contributed by atoms with Gasteiger partial charge in [0, 0.05) is 18.9 Å². The summed E-state index contributed by atoms with van der Waals surface area (Å²) < 4.78 is 0. The van der Waals surface area contributed by atoms with Crippen LogP contribution in [-0.4, -0.2) is 33.5 Å². The number of nitrogens with zero attached hydrogens (tertiary/aromatic N) is 2. The van der Waals surface area contributed by atoms with Crippen LogP contribution in [-0.2, 0) is 11.3 Å². The monoisotopic (exact) mass is 292 g/mol. The van der Waals surface area contributed by atoms with Gasteiger partial charge in [-0.15, -0.1) is 24.8 Å². The molecule has 1 aromatic heterocycles. The smallest absolute Gasteiger partial charge is 0.320 e. The Morgan fingerprint density at radius 1 is 1.33 bits per heavy atom. The molecule has 0 spiro atoms. The van der Waals surface area contributed by atoms with Gasteiger partial charge in [0.25, 0.3) is 0 Å². The highest BCUT2D eigenvalue weighted by molar-refractivity contribution is 5.85. The Kier molecular flexibility index (Phi) is 7.91. The number of rotatable bonds is 3. The van der Waals surface area contributed by atoms with E-state index in [9.17, 15) is 4.79 Å². The molecule has 1 atom stereocenters. The van der Waals surface area contributed by atoms with Crippen molar-refractivity contribution in [2.75, 3.05) is 6.54 Å². The maximum atomic E-state index is 11.1. The summed E-state index contributed by atoms with van der Waals surface area (Å²) in [6, 6.07) is 3.56. The molecule has 1 saturated heterocycles. The maximum Gasteiger partial charge on any atom is 0.320 e. The first-order chi connectivity index (χ1) is 7.77. The third kappa shape index (κ3) is 4.44. The topological polar surface area (TPSA) is 53.4 Å². The Hall–Kier alpha value is -0.840. The van der Waals surface area contributed by atoms with Gasteiger partial charge in [0.2, 0.25) is 0 Å². The number of hydrogen-bond acceptors (Lipinski definition) is 3. The number of aliphatic carboxylic acids is 1. The van der Waals surface area contributed by atoms with Crippen LogP contribution in [0.25, 0.3) is 0 Å². The normalized spacial score (nSPS) is 19.4. The van der Waals surface area contributed by atoms with E-state index in [2.05, 4.69) is 4.98 Å². The first-order valence-corrected chi connectivity index (χ1v) is 5.63. The number of carboxylic acids is 1. The molecule has 1 aromatic rings. The van der Waals surface area contributed by atoms with Crippen molar-refractivity contribution in [2.45, 2.75) is 31.8 Å². The molecule has 6 heteroatoms. The minimum atomic E-state index is -0.700. The van der Waals surface area contributed by atoms with Gasteiger partial charge in [-0.25, -0.2) is 0 Å². The predicted molar refractivity (Wildman–Crippen MR) is 74.4 cm³/mol. The summed E-state index contributed by atoms with van der Waals surface area (Å²) >= 11 is 0. The lowest BCUT2D eigenvalue weighted by Crippen LogP contribution is -2.43. The number of pyridine rings is 1. The molecule has 1 N–H and O–H groups in total. The molecule has 1 unspecified atom stereocenters. The summed E-state index contributed by atoms with van der Waals surface area (Å²) in [5.74, 6) is -0.700. The van der Waals surface area contributed by atoms with Crippen LogP contribution >= 0.6 is 24.8 Å². The van der Waals surface area contributed by atoms with Crippen LogP contribution in [0.2, 0.25) is 0 Å². The molecular weight excluding hydrogens is 275 g/mol. The molecule has 0 radical (unpaired) electrons. The van der Waals surface area contributed by atoms with Gasteiger partial charge >= 0.3 is 5.97 Å². The Morgan fingerprint density at radius 2 is 2.00 bits per heavy atom. The van der Waals surface area contributed by atoms with Gasteiger partial charge in [0.05, 0.1) is 0 Å². The molecule has 0 amide bonds. The average Bonchev–Trinajstić information content (AvgIpc) is 2.31. The largest absolute Gasteiger partial charge is 0.480 e. The van der Waals surface area contributed by atoms with Crippen LogP contribution in [0.1, 0.15) is 24.8 Å². The molecule has 0 bridgehead atoms. The van der Waals surface area contributed by atoms with Gasteiger partial charge in [-0.05, 0) is 37.1 Å². The standard InChI is InChI=1S/C12H16N2O2.2ClH/c15-12(16)11-3-1-2-8-14(11)9-10-4-6-13-7-5-10;;/h4-7,11H,1-3,8-9H2,(H,15,16);2*1H. The second-order valence-electron chi connectivity index (χ2n) is 4.18. The second-order valence-corrected chi connectivity index (χ2v) is 4.18. The predicted octanol–water partition coefficient (Wildman–Crippen LogP) is 2.36. The van der Waals surface area contributed by atoms with Gasteiger partial charge in [-0.2, -0.15) is 0 Å². The lowest BCUT2D eigenvalue weighted by Gasteiger charge is -2.32. The van der Waals surface area contributed by atoms with E-state index in [0.29, 0.717) is 6.54 Å².